The first kappa shape index (κ1) is 26.1. The summed E-state index contributed by atoms with van der Waals surface area (Å²) >= 11 is 13.5. The van der Waals surface area contributed by atoms with E-state index in [-0.39, 0.29) is 5.91 Å². The van der Waals surface area contributed by atoms with Crippen LogP contribution in [0.25, 0.3) is 6.08 Å². The molecule has 0 saturated carbocycles. The van der Waals surface area contributed by atoms with Crippen LogP contribution in [-0.2, 0) is 11.4 Å². The van der Waals surface area contributed by atoms with Crippen LogP contribution in [0.2, 0.25) is 10.0 Å². The second-order valence-electron chi connectivity index (χ2n) is 8.89. The fourth-order valence-corrected chi connectivity index (χ4v) is 5.18. The molecule has 0 bridgehead atoms. The molecular formula is C31H24Cl2N2O2S. The first-order valence-electron chi connectivity index (χ1n) is 12.0. The van der Waals surface area contributed by atoms with Crippen LogP contribution in [0.5, 0.6) is 5.75 Å². The van der Waals surface area contributed by atoms with Crippen molar-refractivity contribution in [3.05, 3.63) is 128 Å². The van der Waals surface area contributed by atoms with Crippen molar-refractivity contribution in [1.29, 1.82) is 0 Å². The minimum absolute atomic E-state index is 0.135. The highest BCUT2D eigenvalue weighted by Gasteiger charge is 2.35. The number of para-hydroxylation sites is 1. The topological polar surface area (TPSA) is 41.9 Å². The van der Waals surface area contributed by atoms with Gasteiger partial charge in [-0.05, 0) is 79.7 Å². The second kappa shape index (κ2) is 11.5. The number of nitrogens with zero attached hydrogens (tertiary/aromatic N) is 2. The van der Waals surface area contributed by atoms with Crippen LogP contribution in [0.15, 0.2) is 101 Å². The van der Waals surface area contributed by atoms with Crippen LogP contribution >= 0.6 is 35.0 Å². The van der Waals surface area contributed by atoms with Gasteiger partial charge in [-0.2, -0.15) is 0 Å². The summed E-state index contributed by atoms with van der Waals surface area (Å²) in [4.78, 5) is 20.7. The molecule has 4 aromatic rings. The third-order valence-corrected chi connectivity index (χ3v) is 7.65. The zero-order valence-electron chi connectivity index (χ0n) is 20.8. The van der Waals surface area contributed by atoms with Gasteiger partial charge in [-0.25, -0.2) is 4.99 Å². The number of ether oxygens (including phenoxy) is 1. The van der Waals surface area contributed by atoms with Gasteiger partial charge in [-0.3, -0.25) is 9.69 Å². The van der Waals surface area contributed by atoms with E-state index in [0.29, 0.717) is 32.5 Å². The van der Waals surface area contributed by atoms with Crippen molar-refractivity contribution >= 4 is 63.5 Å². The average molecular weight is 560 g/mol. The highest BCUT2D eigenvalue weighted by Crippen LogP contribution is 2.38. The van der Waals surface area contributed by atoms with Crippen molar-refractivity contribution in [3.63, 3.8) is 0 Å². The van der Waals surface area contributed by atoms with Crippen molar-refractivity contribution in [2.75, 3.05) is 4.90 Å². The minimum Gasteiger partial charge on any atom is -0.488 e. The first-order chi connectivity index (χ1) is 18.4. The summed E-state index contributed by atoms with van der Waals surface area (Å²) in [6, 6.07) is 28.8. The normalized spacial score (nSPS) is 15.5. The molecule has 4 nitrogen and oxygen atoms in total. The van der Waals surface area contributed by atoms with Crippen LogP contribution < -0.4 is 9.64 Å². The average Bonchev–Trinajstić information content (AvgIpc) is 3.21. The van der Waals surface area contributed by atoms with Crippen LogP contribution in [0.3, 0.4) is 0 Å². The van der Waals surface area contributed by atoms with E-state index >= 15 is 0 Å². The van der Waals surface area contributed by atoms with Crippen LogP contribution in [0.4, 0.5) is 11.4 Å². The van der Waals surface area contributed by atoms with E-state index in [4.69, 9.17) is 32.9 Å². The van der Waals surface area contributed by atoms with E-state index < -0.39 is 0 Å². The molecule has 1 aliphatic rings. The number of halogens is 2. The van der Waals surface area contributed by atoms with E-state index in [0.717, 1.165) is 33.6 Å². The molecule has 0 radical (unpaired) electrons. The second-order valence-corrected chi connectivity index (χ2v) is 10.7. The summed E-state index contributed by atoms with van der Waals surface area (Å²) in [5.41, 5.74) is 5.52. The van der Waals surface area contributed by atoms with Gasteiger partial charge in [0.2, 0.25) is 0 Å². The molecule has 0 aromatic heterocycles. The molecule has 7 heteroatoms. The molecule has 4 aromatic carbocycles. The number of carbonyl (C=O) groups is 1. The van der Waals surface area contributed by atoms with Gasteiger partial charge in [0.05, 0.1) is 26.3 Å². The van der Waals surface area contributed by atoms with Crippen molar-refractivity contribution in [1.82, 2.24) is 0 Å². The summed E-state index contributed by atoms with van der Waals surface area (Å²) < 4.78 is 6.11. The van der Waals surface area contributed by atoms with E-state index in [1.54, 1.807) is 17.0 Å². The summed E-state index contributed by atoms with van der Waals surface area (Å²) in [6.07, 6.45) is 1.86. The predicted molar refractivity (Wildman–Crippen MR) is 160 cm³/mol. The smallest absolute Gasteiger partial charge is 0.271 e. The number of thioether (sulfide) groups is 1. The fraction of sp³-hybridized carbons (Fsp3) is 0.0968. The van der Waals surface area contributed by atoms with Crippen LogP contribution in [0.1, 0.15) is 22.3 Å². The van der Waals surface area contributed by atoms with Gasteiger partial charge >= 0.3 is 0 Å². The first-order valence-corrected chi connectivity index (χ1v) is 13.6. The Hall–Kier alpha value is -3.51. The lowest BCUT2D eigenvalue weighted by Crippen LogP contribution is -2.28. The van der Waals surface area contributed by atoms with Gasteiger partial charge in [0.25, 0.3) is 5.91 Å². The lowest BCUT2D eigenvalue weighted by Gasteiger charge is -2.16. The number of aryl methyl sites for hydroxylation is 2. The number of amides is 1. The van der Waals surface area contributed by atoms with Gasteiger partial charge < -0.3 is 4.74 Å². The van der Waals surface area contributed by atoms with Crippen molar-refractivity contribution in [2.24, 2.45) is 4.99 Å². The van der Waals surface area contributed by atoms with Crippen LogP contribution in [0, 0.1) is 13.8 Å². The summed E-state index contributed by atoms with van der Waals surface area (Å²) in [7, 11) is 0. The molecule has 0 N–H and O–H groups in total. The quantitative estimate of drug-likeness (QED) is 0.222. The number of hydrogen-bond donors (Lipinski definition) is 0. The van der Waals surface area contributed by atoms with Crippen molar-refractivity contribution in [3.8, 4) is 5.75 Å². The molecule has 1 heterocycles. The van der Waals surface area contributed by atoms with Gasteiger partial charge in [0.1, 0.15) is 12.4 Å². The summed E-state index contributed by atoms with van der Waals surface area (Å²) in [5.74, 6) is 0.522. The summed E-state index contributed by atoms with van der Waals surface area (Å²) in [5, 5.41) is 1.58. The molecule has 1 aliphatic heterocycles. The monoisotopic (exact) mass is 558 g/mol. The number of benzene rings is 4. The van der Waals surface area contributed by atoms with E-state index in [9.17, 15) is 4.79 Å². The Morgan fingerprint density at radius 2 is 1.55 bits per heavy atom. The fourth-order valence-electron chi connectivity index (χ4n) is 3.86. The number of amidine groups is 1. The number of carbonyl (C=O) groups excluding carboxylic acids is 1. The molecule has 1 saturated heterocycles. The minimum atomic E-state index is -0.135. The number of anilines is 1. The Morgan fingerprint density at radius 1 is 0.868 bits per heavy atom. The molecule has 0 unspecified atom stereocenters. The Kier molecular flexibility index (Phi) is 7.89. The number of rotatable bonds is 6. The summed E-state index contributed by atoms with van der Waals surface area (Å²) in [6.45, 7) is 4.37. The molecule has 0 aliphatic carbocycles. The number of aliphatic imine (C=N–C) groups is 1. The SMILES string of the molecule is Cc1ccc(N=C2S/C(=C/c3ccccc3OCc3ccc(Cl)c(Cl)c3)C(=O)N2c2ccc(C)cc2)cc1. The van der Waals surface area contributed by atoms with Gasteiger partial charge in [0.15, 0.2) is 5.17 Å². The van der Waals surface area contributed by atoms with Gasteiger partial charge in [-0.15, -0.1) is 0 Å². The Labute approximate surface area is 236 Å². The maximum absolute atomic E-state index is 13.7. The van der Waals surface area contributed by atoms with Gasteiger partial charge in [0, 0.05) is 5.56 Å². The third kappa shape index (κ3) is 5.97. The van der Waals surface area contributed by atoms with Crippen molar-refractivity contribution < 1.29 is 9.53 Å². The Bertz CT molecular complexity index is 1550. The maximum Gasteiger partial charge on any atom is 0.271 e. The highest BCUT2D eigenvalue weighted by molar-refractivity contribution is 8.19. The molecule has 1 fully saturated rings. The molecule has 190 valence electrons. The Balaban J connectivity index is 1.47. The number of hydrogen-bond acceptors (Lipinski definition) is 4. The lowest BCUT2D eigenvalue weighted by atomic mass is 10.1. The predicted octanol–water partition coefficient (Wildman–Crippen LogP) is 9.00. The zero-order chi connectivity index (χ0) is 26.6. The molecular weight excluding hydrogens is 535 g/mol. The van der Waals surface area contributed by atoms with Crippen LogP contribution in [-0.4, -0.2) is 11.1 Å². The molecule has 0 spiro atoms. The van der Waals surface area contributed by atoms with E-state index in [2.05, 4.69) is 0 Å². The molecule has 1 amide bonds. The highest BCUT2D eigenvalue weighted by atomic mass is 35.5. The largest absolute Gasteiger partial charge is 0.488 e. The Morgan fingerprint density at radius 3 is 2.26 bits per heavy atom. The van der Waals surface area contributed by atoms with Gasteiger partial charge in [-0.1, -0.05) is 82.9 Å². The third-order valence-electron chi connectivity index (χ3n) is 5.94. The molecule has 0 atom stereocenters. The van der Waals surface area contributed by atoms with Crippen molar-refractivity contribution in [2.45, 2.75) is 20.5 Å². The zero-order valence-corrected chi connectivity index (χ0v) is 23.1. The molecule has 5 rings (SSSR count). The standard InChI is InChI=1S/C31H24Cl2N2O2S/c1-20-7-12-24(13-8-20)34-31-35(25-14-9-21(2)10-15-25)30(36)29(38-31)18-23-5-3-4-6-28(23)37-19-22-11-16-26(32)27(33)17-22/h3-18H,19H2,1-2H3/b29-18+,34-31?. The maximum atomic E-state index is 13.7. The van der Waals surface area contributed by atoms with E-state index in [1.807, 2.05) is 98.8 Å². The lowest BCUT2D eigenvalue weighted by molar-refractivity contribution is -0.113. The molecule has 38 heavy (non-hydrogen) atoms. The van der Waals surface area contributed by atoms with E-state index in [1.165, 1.54) is 11.8 Å².